The number of nitrogen functional groups attached to an aromatic ring is 1. The summed E-state index contributed by atoms with van der Waals surface area (Å²) in [5, 5.41) is 13.7. The Labute approximate surface area is 109 Å². The number of para-hydroxylation sites is 1. The van der Waals surface area contributed by atoms with Crippen LogP contribution in [0.15, 0.2) is 42.5 Å². The molecule has 0 heterocycles. The van der Waals surface area contributed by atoms with Gasteiger partial charge in [-0.05, 0) is 17.7 Å². The molecule has 0 fully saturated rings. The van der Waals surface area contributed by atoms with Gasteiger partial charge in [-0.1, -0.05) is 18.2 Å². The molecule has 0 atom stereocenters. The Morgan fingerprint density at radius 3 is 2.68 bits per heavy atom. The van der Waals surface area contributed by atoms with Gasteiger partial charge in [0, 0.05) is 24.4 Å². The molecular weight excluding hydrogens is 249 g/mol. The van der Waals surface area contributed by atoms with Crippen LogP contribution in [0.3, 0.4) is 0 Å². The maximum atomic E-state index is 13.1. The lowest BCUT2D eigenvalue weighted by Crippen LogP contribution is -2.05. The summed E-state index contributed by atoms with van der Waals surface area (Å²) in [4.78, 5) is 10.3. The van der Waals surface area contributed by atoms with Crippen molar-refractivity contribution in [3.05, 3.63) is 64.0 Å². The fourth-order valence-electron chi connectivity index (χ4n) is 1.69. The second kappa shape index (κ2) is 5.34. The largest absolute Gasteiger partial charge is 0.398 e. The Balaban J connectivity index is 2.22. The first-order chi connectivity index (χ1) is 9.08. The van der Waals surface area contributed by atoms with Crippen molar-refractivity contribution in [1.29, 1.82) is 0 Å². The predicted molar refractivity (Wildman–Crippen MR) is 71.2 cm³/mol. The number of halogens is 1. The van der Waals surface area contributed by atoms with E-state index in [-0.39, 0.29) is 17.9 Å². The van der Waals surface area contributed by atoms with Gasteiger partial charge < -0.3 is 11.1 Å². The van der Waals surface area contributed by atoms with Crippen LogP contribution in [0.25, 0.3) is 0 Å². The maximum Gasteiger partial charge on any atom is 0.292 e. The standard InChI is InChI=1S/C13H12FN3O2/c14-10-5-6-13(17(18)19)12(7-10)16-8-9-3-1-2-4-11(9)15/h1-7,16H,8,15H2. The summed E-state index contributed by atoms with van der Waals surface area (Å²) in [6.07, 6.45) is 0. The first-order valence-electron chi connectivity index (χ1n) is 5.59. The van der Waals surface area contributed by atoms with Gasteiger partial charge in [-0.2, -0.15) is 0 Å². The van der Waals surface area contributed by atoms with Crippen molar-refractivity contribution in [2.45, 2.75) is 6.54 Å². The fourth-order valence-corrected chi connectivity index (χ4v) is 1.69. The van der Waals surface area contributed by atoms with Crippen LogP contribution in [0.1, 0.15) is 5.56 Å². The van der Waals surface area contributed by atoms with Gasteiger partial charge in [0.05, 0.1) is 4.92 Å². The molecular formula is C13H12FN3O2. The number of nitrogens with two attached hydrogens (primary N) is 1. The topological polar surface area (TPSA) is 81.2 Å². The number of nitro benzene ring substituents is 1. The molecule has 5 nitrogen and oxygen atoms in total. The van der Waals surface area contributed by atoms with Crippen LogP contribution in [0, 0.1) is 15.9 Å². The highest BCUT2D eigenvalue weighted by Crippen LogP contribution is 2.26. The summed E-state index contributed by atoms with van der Waals surface area (Å²) in [6, 6.07) is 10.4. The second-order valence-corrected chi connectivity index (χ2v) is 3.97. The van der Waals surface area contributed by atoms with E-state index >= 15 is 0 Å². The van der Waals surface area contributed by atoms with Crippen molar-refractivity contribution in [3.8, 4) is 0 Å². The average molecular weight is 261 g/mol. The van der Waals surface area contributed by atoms with E-state index in [1.165, 1.54) is 0 Å². The van der Waals surface area contributed by atoms with Gasteiger partial charge in [-0.25, -0.2) is 4.39 Å². The van der Waals surface area contributed by atoms with Crippen LogP contribution in [-0.2, 0) is 6.54 Å². The molecule has 0 aromatic heterocycles. The molecule has 0 saturated heterocycles. The normalized spacial score (nSPS) is 10.2. The highest BCUT2D eigenvalue weighted by molar-refractivity contribution is 5.62. The average Bonchev–Trinajstić information content (AvgIpc) is 2.37. The smallest absolute Gasteiger partial charge is 0.292 e. The molecule has 0 radical (unpaired) electrons. The Morgan fingerprint density at radius 2 is 2.00 bits per heavy atom. The maximum absolute atomic E-state index is 13.1. The number of benzene rings is 2. The van der Waals surface area contributed by atoms with E-state index in [0.29, 0.717) is 5.69 Å². The number of anilines is 2. The minimum absolute atomic E-state index is 0.133. The number of rotatable bonds is 4. The molecule has 19 heavy (non-hydrogen) atoms. The quantitative estimate of drug-likeness (QED) is 0.503. The van der Waals surface area contributed by atoms with Crippen LogP contribution in [0.4, 0.5) is 21.5 Å². The van der Waals surface area contributed by atoms with E-state index in [0.717, 1.165) is 23.8 Å². The second-order valence-electron chi connectivity index (χ2n) is 3.97. The molecule has 0 aliphatic heterocycles. The monoisotopic (exact) mass is 261 g/mol. The highest BCUT2D eigenvalue weighted by Gasteiger charge is 2.14. The fraction of sp³-hybridized carbons (Fsp3) is 0.0769. The summed E-state index contributed by atoms with van der Waals surface area (Å²) in [6.45, 7) is 0.289. The van der Waals surface area contributed by atoms with E-state index < -0.39 is 10.7 Å². The van der Waals surface area contributed by atoms with Gasteiger partial charge >= 0.3 is 0 Å². The minimum atomic E-state index is -0.559. The summed E-state index contributed by atoms with van der Waals surface area (Å²) < 4.78 is 13.1. The van der Waals surface area contributed by atoms with E-state index in [4.69, 9.17) is 5.73 Å². The van der Waals surface area contributed by atoms with Crippen molar-refractivity contribution >= 4 is 17.1 Å². The Bertz CT molecular complexity index is 617. The van der Waals surface area contributed by atoms with Crippen LogP contribution < -0.4 is 11.1 Å². The lowest BCUT2D eigenvalue weighted by atomic mass is 10.1. The highest BCUT2D eigenvalue weighted by atomic mass is 19.1. The molecule has 0 bridgehead atoms. The van der Waals surface area contributed by atoms with Crippen LogP contribution in [0.5, 0.6) is 0 Å². The molecule has 2 aromatic carbocycles. The third-order valence-electron chi connectivity index (χ3n) is 2.68. The van der Waals surface area contributed by atoms with Gasteiger partial charge in [-0.3, -0.25) is 10.1 Å². The van der Waals surface area contributed by atoms with Crippen molar-refractivity contribution in [3.63, 3.8) is 0 Å². The first-order valence-corrected chi connectivity index (χ1v) is 5.59. The summed E-state index contributed by atoms with van der Waals surface area (Å²) >= 11 is 0. The molecule has 0 spiro atoms. The van der Waals surface area contributed by atoms with E-state index in [1.807, 2.05) is 6.07 Å². The lowest BCUT2D eigenvalue weighted by molar-refractivity contribution is -0.384. The Kier molecular flexibility index (Phi) is 3.61. The van der Waals surface area contributed by atoms with E-state index in [1.54, 1.807) is 18.2 Å². The Morgan fingerprint density at radius 1 is 1.26 bits per heavy atom. The summed E-state index contributed by atoms with van der Waals surface area (Å²) in [5.74, 6) is -0.533. The minimum Gasteiger partial charge on any atom is -0.398 e. The predicted octanol–water partition coefficient (Wildman–Crippen LogP) is 2.93. The lowest BCUT2D eigenvalue weighted by Gasteiger charge is -2.09. The zero-order valence-electron chi connectivity index (χ0n) is 9.97. The molecule has 0 aliphatic carbocycles. The Hall–Kier alpha value is -2.63. The van der Waals surface area contributed by atoms with Gasteiger partial charge in [-0.15, -0.1) is 0 Å². The molecule has 2 rings (SSSR count). The molecule has 0 unspecified atom stereocenters. The van der Waals surface area contributed by atoms with Crippen molar-refractivity contribution in [2.75, 3.05) is 11.1 Å². The van der Waals surface area contributed by atoms with Gasteiger partial charge in [0.2, 0.25) is 0 Å². The molecule has 2 aromatic rings. The van der Waals surface area contributed by atoms with Crippen LogP contribution in [-0.4, -0.2) is 4.92 Å². The number of nitro groups is 1. The van der Waals surface area contributed by atoms with Crippen molar-refractivity contribution in [1.82, 2.24) is 0 Å². The molecule has 0 saturated carbocycles. The number of nitrogens with one attached hydrogen (secondary N) is 1. The van der Waals surface area contributed by atoms with Gasteiger partial charge in [0.15, 0.2) is 0 Å². The van der Waals surface area contributed by atoms with Crippen LogP contribution >= 0.6 is 0 Å². The third-order valence-corrected chi connectivity index (χ3v) is 2.68. The molecule has 6 heteroatoms. The summed E-state index contributed by atoms with van der Waals surface area (Å²) in [7, 11) is 0. The molecule has 0 aliphatic rings. The van der Waals surface area contributed by atoms with Crippen molar-refractivity contribution < 1.29 is 9.31 Å². The number of hydrogen-bond acceptors (Lipinski definition) is 4. The molecule has 0 amide bonds. The van der Waals surface area contributed by atoms with E-state index in [2.05, 4.69) is 5.32 Å². The zero-order valence-corrected chi connectivity index (χ0v) is 9.97. The van der Waals surface area contributed by atoms with Crippen LogP contribution in [0.2, 0.25) is 0 Å². The zero-order chi connectivity index (χ0) is 13.8. The van der Waals surface area contributed by atoms with E-state index in [9.17, 15) is 14.5 Å². The molecule has 98 valence electrons. The van der Waals surface area contributed by atoms with Gasteiger partial charge in [0.1, 0.15) is 11.5 Å². The number of nitrogens with zero attached hydrogens (tertiary/aromatic N) is 1. The van der Waals surface area contributed by atoms with Gasteiger partial charge in [0.25, 0.3) is 5.69 Å². The number of hydrogen-bond donors (Lipinski definition) is 2. The molecule has 3 N–H and O–H groups in total. The van der Waals surface area contributed by atoms with Crippen molar-refractivity contribution in [2.24, 2.45) is 0 Å². The first kappa shape index (κ1) is 12.8. The third kappa shape index (κ3) is 2.98. The SMILES string of the molecule is Nc1ccccc1CNc1cc(F)ccc1[N+](=O)[O-]. The summed E-state index contributed by atoms with van der Waals surface area (Å²) in [5.41, 5.74) is 7.10.